The van der Waals surface area contributed by atoms with Crippen LogP contribution in [-0.4, -0.2) is 44.3 Å². The van der Waals surface area contributed by atoms with E-state index in [9.17, 15) is 18.0 Å². The van der Waals surface area contributed by atoms with Gasteiger partial charge in [-0.15, -0.1) is 0 Å². The van der Waals surface area contributed by atoms with E-state index in [-0.39, 0.29) is 10.5 Å². The second-order valence-corrected chi connectivity index (χ2v) is 9.58. The van der Waals surface area contributed by atoms with Crippen molar-refractivity contribution in [3.8, 4) is 0 Å². The lowest BCUT2D eigenvalue weighted by Gasteiger charge is -2.25. The molecule has 0 radical (unpaired) electrons. The van der Waals surface area contributed by atoms with Crippen molar-refractivity contribution in [2.24, 2.45) is 0 Å². The highest BCUT2D eigenvalue weighted by Gasteiger charge is 2.26. The van der Waals surface area contributed by atoms with Crippen LogP contribution in [0.25, 0.3) is 0 Å². The molecule has 3 rings (SSSR count). The molecule has 7 nitrogen and oxygen atoms in total. The minimum Gasteiger partial charge on any atom is -0.452 e. The topological polar surface area (TPSA) is 92.8 Å². The van der Waals surface area contributed by atoms with Crippen LogP contribution in [0, 0.1) is 0 Å². The molecule has 30 heavy (non-hydrogen) atoms. The Kier molecular flexibility index (Phi) is 7.36. The van der Waals surface area contributed by atoms with Crippen molar-refractivity contribution in [3.05, 3.63) is 58.1 Å². The first-order valence-corrected chi connectivity index (χ1v) is 11.5. The monoisotopic (exact) mass is 470 g/mol. The molecule has 0 spiro atoms. The highest BCUT2D eigenvalue weighted by atomic mass is 35.5. The molecule has 0 unspecified atom stereocenters. The summed E-state index contributed by atoms with van der Waals surface area (Å²) >= 11 is 11.7. The molecule has 1 aliphatic rings. The van der Waals surface area contributed by atoms with E-state index in [1.54, 1.807) is 0 Å². The summed E-state index contributed by atoms with van der Waals surface area (Å²) in [6, 6.07) is 10.0. The van der Waals surface area contributed by atoms with Gasteiger partial charge in [0.05, 0.1) is 10.5 Å². The average Bonchev–Trinajstić information content (AvgIpc) is 2.72. The van der Waals surface area contributed by atoms with E-state index in [0.717, 1.165) is 19.3 Å². The Bertz CT molecular complexity index is 1020. The number of halogens is 2. The summed E-state index contributed by atoms with van der Waals surface area (Å²) < 4.78 is 31.7. The van der Waals surface area contributed by atoms with Gasteiger partial charge in [0, 0.05) is 28.8 Å². The molecule has 2 aromatic carbocycles. The number of nitrogens with one attached hydrogen (secondary N) is 1. The molecule has 0 aliphatic carbocycles. The lowest BCUT2D eigenvalue weighted by atomic mass is 10.2. The van der Waals surface area contributed by atoms with Gasteiger partial charge in [-0.3, -0.25) is 4.79 Å². The van der Waals surface area contributed by atoms with Crippen molar-refractivity contribution in [1.29, 1.82) is 0 Å². The summed E-state index contributed by atoms with van der Waals surface area (Å²) in [6.45, 7) is 0.481. The third kappa shape index (κ3) is 5.72. The van der Waals surface area contributed by atoms with E-state index in [4.69, 9.17) is 27.9 Å². The molecule has 10 heteroatoms. The zero-order valence-corrected chi connectivity index (χ0v) is 18.3. The lowest BCUT2D eigenvalue weighted by molar-refractivity contribution is -0.119. The normalized spacial score (nSPS) is 14.9. The minimum absolute atomic E-state index is 0.122. The van der Waals surface area contributed by atoms with E-state index < -0.39 is 28.5 Å². The Labute approximate surface area is 185 Å². The highest BCUT2D eigenvalue weighted by molar-refractivity contribution is 7.89. The highest BCUT2D eigenvalue weighted by Crippen LogP contribution is 2.23. The Morgan fingerprint density at radius 1 is 0.967 bits per heavy atom. The predicted molar refractivity (Wildman–Crippen MR) is 114 cm³/mol. The first-order chi connectivity index (χ1) is 14.3. The van der Waals surface area contributed by atoms with E-state index in [0.29, 0.717) is 28.8 Å². The zero-order valence-electron chi connectivity index (χ0n) is 15.9. The van der Waals surface area contributed by atoms with Crippen LogP contribution in [-0.2, 0) is 19.6 Å². The third-order valence-electron chi connectivity index (χ3n) is 4.52. The predicted octanol–water partition coefficient (Wildman–Crippen LogP) is 3.96. The Balaban J connectivity index is 1.57. The molecule has 1 saturated heterocycles. The van der Waals surface area contributed by atoms with Gasteiger partial charge in [0.15, 0.2) is 6.61 Å². The molecule has 0 bridgehead atoms. The maximum absolute atomic E-state index is 12.6. The molecule has 1 amide bonds. The molecular weight excluding hydrogens is 451 g/mol. The van der Waals surface area contributed by atoms with Crippen LogP contribution < -0.4 is 5.32 Å². The molecule has 0 saturated carbocycles. The molecule has 2 aromatic rings. The van der Waals surface area contributed by atoms with Gasteiger partial charge in [-0.05, 0) is 55.3 Å². The molecule has 1 N–H and O–H groups in total. The van der Waals surface area contributed by atoms with Crippen molar-refractivity contribution in [1.82, 2.24) is 4.31 Å². The Morgan fingerprint density at radius 3 is 2.17 bits per heavy atom. The number of ether oxygens (including phenoxy) is 1. The van der Waals surface area contributed by atoms with Crippen LogP contribution >= 0.6 is 23.2 Å². The van der Waals surface area contributed by atoms with Crippen LogP contribution in [0.4, 0.5) is 5.69 Å². The number of carbonyl (C=O) groups excluding carboxylic acids is 2. The van der Waals surface area contributed by atoms with Crippen LogP contribution in [0.2, 0.25) is 10.0 Å². The maximum Gasteiger partial charge on any atom is 0.338 e. The smallest absolute Gasteiger partial charge is 0.338 e. The largest absolute Gasteiger partial charge is 0.452 e. The van der Waals surface area contributed by atoms with E-state index in [1.165, 1.54) is 46.8 Å². The summed E-state index contributed by atoms with van der Waals surface area (Å²) in [4.78, 5) is 24.3. The number of anilines is 1. The van der Waals surface area contributed by atoms with Crippen LogP contribution in [0.1, 0.15) is 29.6 Å². The number of hydrogen-bond donors (Lipinski definition) is 1. The number of hydrogen-bond acceptors (Lipinski definition) is 5. The van der Waals surface area contributed by atoms with Gasteiger partial charge in [-0.25, -0.2) is 13.2 Å². The standard InChI is InChI=1S/C20H20Cl2N2O5S/c21-15-10-16(22)12-17(11-15)23-19(25)13-29-20(26)14-4-6-18(7-5-14)30(27,28)24-8-2-1-3-9-24/h4-7,10-12H,1-3,8-9,13H2,(H,23,25). The molecule has 0 atom stereocenters. The number of benzene rings is 2. The Hall–Kier alpha value is -2.13. The van der Waals surface area contributed by atoms with Gasteiger partial charge in [0.2, 0.25) is 10.0 Å². The number of carbonyl (C=O) groups is 2. The van der Waals surface area contributed by atoms with Gasteiger partial charge >= 0.3 is 5.97 Å². The zero-order chi connectivity index (χ0) is 21.7. The fourth-order valence-corrected chi connectivity index (χ4v) is 5.10. The molecule has 160 valence electrons. The summed E-state index contributed by atoms with van der Waals surface area (Å²) in [6.07, 6.45) is 2.70. The summed E-state index contributed by atoms with van der Waals surface area (Å²) in [7, 11) is -3.58. The second kappa shape index (κ2) is 9.78. The van der Waals surface area contributed by atoms with Crippen molar-refractivity contribution in [2.45, 2.75) is 24.2 Å². The fourth-order valence-electron chi connectivity index (χ4n) is 3.05. The van der Waals surface area contributed by atoms with Gasteiger partial charge in [0.1, 0.15) is 0 Å². The number of piperidine rings is 1. The SMILES string of the molecule is O=C(COC(=O)c1ccc(S(=O)(=O)N2CCCCC2)cc1)Nc1cc(Cl)cc(Cl)c1. The molecule has 1 heterocycles. The first kappa shape index (κ1) is 22.6. The number of rotatable bonds is 6. The van der Waals surface area contributed by atoms with Crippen LogP contribution in [0.15, 0.2) is 47.4 Å². The number of nitrogens with zero attached hydrogens (tertiary/aromatic N) is 1. The molecule has 1 fully saturated rings. The number of amides is 1. The Morgan fingerprint density at radius 2 is 1.57 bits per heavy atom. The average molecular weight is 471 g/mol. The number of sulfonamides is 1. The van der Waals surface area contributed by atoms with Crippen molar-refractivity contribution in [3.63, 3.8) is 0 Å². The van der Waals surface area contributed by atoms with E-state index >= 15 is 0 Å². The van der Waals surface area contributed by atoms with Gasteiger partial charge in [-0.1, -0.05) is 29.6 Å². The maximum atomic E-state index is 12.6. The molecular formula is C20H20Cl2N2O5S. The summed E-state index contributed by atoms with van der Waals surface area (Å²) in [5.74, 6) is -1.30. The first-order valence-electron chi connectivity index (χ1n) is 9.29. The van der Waals surface area contributed by atoms with Crippen molar-refractivity contribution < 1.29 is 22.7 Å². The van der Waals surface area contributed by atoms with Crippen molar-refractivity contribution in [2.75, 3.05) is 25.0 Å². The van der Waals surface area contributed by atoms with Gasteiger partial charge in [-0.2, -0.15) is 4.31 Å². The molecule has 1 aliphatic heterocycles. The van der Waals surface area contributed by atoms with E-state index in [1.807, 2.05) is 0 Å². The van der Waals surface area contributed by atoms with Crippen molar-refractivity contribution >= 4 is 50.8 Å². The van der Waals surface area contributed by atoms with E-state index in [2.05, 4.69) is 5.32 Å². The quantitative estimate of drug-likeness (QED) is 0.644. The fraction of sp³-hybridized carbons (Fsp3) is 0.300. The number of esters is 1. The second-order valence-electron chi connectivity index (χ2n) is 6.77. The molecule has 0 aromatic heterocycles. The lowest BCUT2D eigenvalue weighted by Crippen LogP contribution is -2.35. The van der Waals surface area contributed by atoms with Crippen LogP contribution in [0.5, 0.6) is 0 Å². The van der Waals surface area contributed by atoms with Crippen LogP contribution in [0.3, 0.4) is 0 Å². The van der Waals surface area contributed by atoms with Gasteiger partial charge in [0.25, 0.3) is 5.91 Å². The summed E-state index contributed by atoms with van der Waals surface area (Å²) in [5, 5.41) is 3.24. The third-order valence-corrected chi connectivity index (χ3v) is 6.87. The van der Waals surface area contributed by atoms with Gasteiger partial charge < -0.3 is 10.1 Å². The minimum atomic E-state index is -3.58. The summed E-state index contributed by atoms with van der Waals surface area (Å²) in [5.41, 5.74) is 0.520.